The van der Waals surface area contributed by atoms with Crippen LogP contribution >= 0.6 is 12.2 Å². The van der Waals surface area contributed by atoms with Crippen LogP contribution in [-0.2, 0) is 10.0 Å². The molecule has 9 heteroatoms. The molecule has 0 atom stereocenters. The maximum Gasteiger partial charge on any atom is 0.257 e. The summed E-state index contributed by atoms with van der Waals surface area (Å²) in [4.78, 5) is 14.6. The zero-order valence-corrected chi connectivity index (χ0v) is 18.0. The smallest absolute Gasteiger partial charge is 0.257 e. The first-order chi connectivity index (χ1) is 13.8. The van der Waals surface area contributed by atoms with Crippen molar-refractivity contribution in [2.45, 2.75) is 6.92 Å². The van der Waals surface area contributed by atoms with E-state index in [9.17, 15) is 13.2 Å². The summed E-state index contributed by atoms with van der Waals surface area (Å²) in [7, 11) is -3.18. The largest absolute Gasteiger partial charge is 0.367 e. The number of rotatable bonds is 4. The third kappa shape index (κ3) is 5.31. The summed E-state index contributed by atoms with van der Waals surface area (Å²) in [6.07, 6.45) is 1.23. The van der Waals surface area contributed by atoms with Gasteiger partial charge in [0.15, 0.2) is 5.11 Å². The minimum atomic E-state index is -3.18. The van der Waals surface area contributed by atoms with Crippen LogP contribution in [0.1, 0.15) is 15.9 Å². The van der Waals surface area contributed by atoms with Crippen LogP contribution in [0.2, 0.25) is 0 Å². The van der Waals surface area contributed by atoms with Crippen LogP contribution in [-0.4, -0.2) is 56.2 Å². The molecule has 1 amide bonds. The predicted octanol–water partition coefficient (Wildman–Crippen LogP) is 2.20. The number of para-hydroxylation sites is 2. The van der Waals surface area contributed by atoms with Gasteiger partial charge in [-0.3, -0.25) is 10.1 Å². The Labute approximate surface area is 176 Å². The first kappa shape index (κ1) is 21.2. The highest BCUT2D eigenvalue weighted by Gasteiger charge is 2.24. The van der Waals surface area contributed by atoms with Crippen molar-refractivity contribution in [1.82, 2.24) is 9.62 Å². The van der Waals surface area contributed by atoms with Crippen LogP contribution in [0.3, 0.4) is 0 Å². The van der Waals surface area contributed by atoms with Crippen molar-refractivity contribution in [3.63, 3.8) is 0 Å². The second-order valence-corrected chi connectivity index (χ2v) is 9.28. The lowest BCUT2D eigenvalue weighted by Crippen LogP contribution is -2.48. The Hall–Kier alpha value is -2.49. The number of hydrogen-bond acceptors (Lipinski definition) is 5. The number of sulfonamides is 1. The van der Waals surface area contributed by atoms with E-state index < -0.39 is 10.0 Å². The van der Waals surface area contributed by atoms with E-state index in [0.29, 0.717) is 31.7 Å². The molecule has 2 aromatic rings. The van der Waals surface area contributed by atoms with Crippen molar-refractivity contribution < 1.29 is 13.2 Å². The van der Waals surface area contributed by atoms with Gasteiger partial charge in [0.25, 0.3) is 5.91 Å². The van der Waals surface area contributed by atoms with E-state index in [1.54, 1.807) is 6.07 Å². The molecular formula is C20H24N4O3S2. The van der Waals surface area contributed by atoms with Crippen LogP contribution in [0.15, 0.2) is 48.5 Å². The molecule has 1 aliphatic rings. The highest BCUT2D eigenvalue weighted by molar-refractivity contribution is 7.88. The molecule has 0 aromatic heterocycles. The number of nitrogens with one attached hydrogen (secondary N) is 2. The standard InChI is InChI=1S/C20H24N4O3S2/c1-15-7-3-4-8-16(15)19(25)22-20(28)21-17-9-5-6-10-18(17)23-11-13-24(14-12-23)29(2,26)27/h3-10H,11-14H2,1-2H3,(H2,21,22,25,28). The monoisotopic (exact) mass is 432 g/mol. The van der Waals surface area contributed by atoms with E-state index in [1.165, 1.54) is 10.6 Å². The van der Waals surface area contributed by atoms with Crippen molar-refractivity contribution in [1.29, 1.82) is 0 Å². The summed E-state index contributed by atoms with van der Waals surface area (Å²) >= 11 is 5.33. The van der Waals surface area contributed by atoms with E-state index in [4.69, 9.17) is 12.2 Å². The zero-order chi connectivity index (χ0) is 21.0. The lowest BCUT2D eigenvalue weighted by Gasteiger charge is -2.35. The van der Waals surface area contributed by atoms with Crippen LogP contribution in [0.5, 0.6) is 0 Å². The fourth-order valence-electron chi connectivity index (χ4n) is 3.27. The molecule has 0 unspecified atom stereocenters. The van der Waals surface area contributed by atoms with Crippen molar-refractivity contribution in [3.05, 3.63) is 59.7 Å². The van der Waals surface area contributed by atoms with Gasteiger partial charge in [-0.15, -0.1) is 0 Å². The molecule has 0 spiro atoms. The van der Waals surface area contributed by atoms with E-state index in [2.05, 4.69) is 15.5 Å². The summed E-state index contributed by atoms with van der Waals surface area (Å²) in [6.45, 7) is 3.89. The molecule has 1 heterocycles. The molecule has 0 bridgehead atoms. The lowest BCUT2D eigenvalue weighted by molar-refractivity contribution is 0.0977. The van der Waals surface area contributed by atoms with Gasteiger partial charge in [-0.25, -0.2) is 8.42 Å². The number of hydrogen-bond donors (Lipinski definition) is 2. The fourth-order valence-corrected chi connectivity index (χ4v) is 4.30. The van der Waals surface area contributed by atoms with Crippen LogP contribution in [0, 0.1) is 6.92 Å². The molecule has 1 aliphatic heterocycles. The molecule has 7 nitrogen and oxygen atoms in total. The maximum atomic E-state index is 12.5. The molecule has 1 saturated heterocycles. The Morgan fingerprint density at radius 2 is 1.62 bits per heavy atom. The number of benzene rings is 2. The molecule has 0 aliphatic carbocycles. The van der Waals surface area contributed by atoms with Gasteiger partial charge in [-0.1, -0.05) is 30.3 Å². The lowest BCUT2D eigenvalue weighted by atomic mass is 10.1. The first-order valence-corrected chi connectivity index (χ1v) is 11.5. The Morgan fingerprint density at radius 3 is 2.28 bits per heavy atom. The van der Waals surface area contributed by atoms with Crippen molar-refractivity contribution in [3.8, 4) is 0 Å². The van der Waals surface area contributed by atoms with Gasteiger partial charge in [0.2, 0.25) is 10.0 Å². The molecule has 29 heavy (non-hydrogen) atoms. The number of aryl methyl sites for hydroxylation is 1. The Kier molecular flexibility index (Phi) is 6.51. The Morgan fingerprint density at radius 1 is 1.00 bits per heavy atom. The number of amides is 1. The van der Waals surface area contributed by atoms with Crippen LogP contribution in [0.4, 0.5) is 11.4 Å². The van der Waals surface area contributed by atoms with Crippen molar-refractivity contribution >= 4 is 44.6 Å². The van der Waals surface area contributed by atoms with Crippen molar-refractivity contribution in [2.75, 3.05) is 42.7 Å². The number of thiocarbonyl (C=S) groups is 1. The van der Waals surface area contributed by atoms with Crippen molar-refractivity contribution in [2.24, 2.45) is 0 Å². The number of nitrogens with zero attached hydrogens (tertiary/aromatic N) is 2. The van der Waals surface area contributed by atoms with Gasteiger partial charge in [0, 0.05) is 31.7 Å². The third-order valence-electron chi connectivity index (χ3n) is 4.82. The SMILES string of the molecule is Cc1ccccc1C(=O)NC(=S)Nc1ccccc1N1CCN(S(C)(=O)=O)CC1. The summed E-state index contributed by atoms with van der Waals surface area (Å²) in [5.41, 5.74) is 3.11. The summed E-state index contributed by atoms with van der Waals surface area (Å²) in [6, 6.07) is 14.9. The van der Waals surface area contributed by atoms with Gasteiger partial charge in [0.1, 0.15) is 0 Å². The first-order valence-electron chi connectivity index (χ1n) is 9.23. The van der Waals surface area contributed by atoms with Gasteiger partial charge < -0.3 is 10.2 Å². The molecule has 154 valence electrons. The number of anilines is 2. The average Bonchev–Trinajstić information content (AvgIpc) is 2.68. The predicted molar refractivity (Wildman–Crippen MR) is 120 cm³/mol. The minimum absolute atomic E-state index is 0.209. The highest BCUT2D eigenvalue weighted by Crippen LogP contribution is 2.27. The third-order valence-corrected chi connectivity index (χ3v) is 6.32. The minimum Gasteiger partial charge on any atom is -0.367 e. The van der Waals surface area contributed by atoms with E-state index in [-0.39, 0.29) is 11.0 Å². The number of carbonyl (C=O) groups excluding carboxylic acids is 1. The second kappa shape index (κ2) is 8.89. The molecular weight excluding hydrogens is 408 g/mol. The average molecular weight is 433 g/mol. The Balaban J connectivity index is 1.67. The normalized spacial score (nSPS) is 15.0. The number of piperazine rings is 1. The zero-order valence-electron chi connectivity index (χ0n) is 16.4. The summed E-state index contributed by atoms with van der Waals surface area (Å²) in [5.74, 6) is -0.264. The molecule has 2 N–H and O–H groups in total. The molecule has 2 aromatic carbocycles. The van der Waals surface area contributed by atoms with Gasteiger partial charge >= 0.3 is 0 Å². The molecule has 3 rings (SSSR count). The Bertz CT molecular complexity index is 1020. The molecule has 0 radical (unpaired) electrons. The maximum absolute atomic E-state index is 12.5. The molecule has 0 saturated carbocycles. The van der Waals surface area contributed by atoms with Gasteiger partial charge in [-0.05, 0) is 42.9 Å². The van der Waals surface area contributed by atoms with E-state index >= 15 is 0 Å². The molecule has 1 fully saturated rings. The quantitative estimate of drug-likeness (QED) is 0.721. The fraction of sp³-hybridized carbons (Fsp3) is 0.300. The highest BCUT2D eigenvalue weighted by atomic mass is 32.2. The second-order valence-electron chi connectivity index (χ2n) is 6.89. The van der Waals surface area contributed by atoms with Crippen LogP contribution < -0.4 is 15.5 Å². The summed E-state index contributed by atoms with van der Waals surface area (Å²) in [5, 5.41) is 6.02. The van der Waals surface area contributed by atoms with E-state index in [1.807, 2.05) is 49.4 Å². The summed E-state index contributed by atoms with van der Waals surface area (Å²) < 4.78 is 24.9. The van der Waals surface area contributed by atoms with E-state index in [0.717, 1.165) is 16.9 Å². The number of carbonyl (C=O) groups is 1. The topological polar surface area (TPSA) is 81.8 Å². The van der Waals surface area contributed by atoms with Gasteiger partial charge in [0.05, 0.1) is 17.6 Å². The van der Waals surface area contributed by atoms with Gasteiger partial charge in [-0.2, -0.15) is 4.31 Å². The van der Waals surface area contributed by atoms with Crippen LogP contribution in [0.25, 0.3) is 0 Å².